The molecule has 0 fully saturated rings. The summed E-state index contributed by atoms with van der Waals surface area (Å²) in [4.78, 5) is 26.4. The molecule has 2 amide bonds. The van der Waals surface area contributed by atoms with Gasteiger partial charge in [0.2, 0.25) is 5.91 Å². The van der Waals surface area contributed by atoms with Crippen LogP contribution in [0, 0.1) is 0 Å². The number of rotatable bonds is 8. The summed E-state index contributed by atoms with van der Waals surface area (Å²) < 4.78 is 33.1. The number of carbonyl (C=O) groups excluding carboxylic acids is 2. The number of sulfonamides is 1. The van der Waals surface area contributed by atoms with E-state index in [-0.39, 0.29) is 23.3 Å². The maximum absolute atomic E-state index is 12.8. The van der Waals surface area contributed by atoms with E-state index in [0.29, 0.717) is 23.5 Å². The first-order valence-corrected chi connectivity index (χ1v) is 11.3. The van der Waals surface area contributed by atoms with Crippen LogP contribution in [0.3, 0.4) is 0 Å². The molecule has 0 atom stereocenters. The Labute approximate surface area is 183 Å². The summed E-state index contributed by atoms with van der Waals surface area (Å²) >= 11 is 0. The van der Waals surface area contributed by atoms with E-state index >= 15 is 0 Å². The highest BCUT2D eigenvalue weighted by Crippen LogP contribution is 2.26. The van der Waals surface area contributed by atoms with E-state index in [9.17, 15) is 18.0 Å². The maximum atomic E-state index is 12.8. The van der Waals surface area contributed by atoms with Gasteiger partial charge in [-0.25, -0.2) is 8.42 Å². The standard InChI is InChI=1S/C22H29N3O5S/c1-6-25(15-20(26)23-22(2,3)4)21(27)16-11-13-17(14-12-16)31(28,29)24-18-9-7-8-10-19(18)30-5/h7-14,24H,6,15H2,1-5H3,(H,23,26). The van der Waals surface area contributed by atoms with Crippen molar-refractivity contribution in [2.45, 2.75) is 38.1 Å². The third-order valence-electron chi connectivity index (χ3n) is 4.28. The maximum Gasteiger partial charge on any atom is 0.262 e. The van der Waals surface area contributed by atoms with Crippen molar-refractivity contribution in [2.24, 2.45) is 0 Å². The number of hydrogen-bond acceptors (Lipinski definition) is 5. The molecule has 0 saturated carbocycles. The first-order valence-electron chi connectivity index (χ1n) is 9.83. The monoisotopic (exact) mass is 447 g/mol. The first-order chi connectivity index (χ1) is 14.5. The van der Waals surface area contributed by atoms with Crippen LogP contribution in [0.1, 0.15) is 38.1 Å². The van der Waals surface area contributed by atoms with Crippen LogP contribution < -0.4 is 14.8 Å². The van der Waals surface area contributed by atoms with E-state index in [0.717, 1.165) is 0 Å². The molecule has 0 aliphatic heterocycles. The second-order valence-corrected chi connectivity index (χ2v) is 9.63. The third-order valence-corrected chi connectivity index (χ3v) is 5.66. The average Bonchev–Trinajstić information content (AvgIpc) is 2.70. The van der Waals surface area contributed by atoms with Gasteiger partial charge in [-0.2, -0.15) is 0 Å². The van der Waals surface area contributed by atoms with Gasteiger partial charge in [0.1, 0.15) is 5.75 Å². The Hall–Kier alpha value is -3.07. The van der Waals surface area contributed by atoms with Gasteiger partial charge >= 0.3 is 0 Å². The van der Waals surface area contributed by atoms with Crippen LogP contribution in [0.4, 0.5) is 5.69 Å². The van der Waals surface area contributed by atoms with Crippen molar-refractivity contribution in [3.63, 3.8) is 0 Å². The van der Waals surface area contributed by atoms with E-state index in [1.165, 1.54) is 36.3 Å². The van der Waals surface area contributed by atoms with Gasteiger partial charge in [-0.1, -0.05) is 12.1 Å². The Balaban J connectivity index is 2.15. The highest BCUT2D eigenvalue weighted by atomic mass is 32.2. The zero-order valence-corrected chi connectivity index (χ0v) is 19.2. The Bertz CT molecular complexity index is 1030. The molecule has 2 rings (SSSR count). The fourth-order valence-corrected chi connectivity index (χ4v) is 3.92. The topological polar surface area (TPSA) is 105 Å². The number of ether oxygens (including phenoxy) is 1. The molecule has 9 heteroatoms. The van der Waals surface area contributed by atoms with E-state index in [2.05, 4.69) is 10.0 Å². The molecule has 0 unspecified atom stereocenters. The summed E-state index contributed by atoms with van der Waals surface area (Å²) in [7, 11) is -2.42. The molecular weight excluding hydrogens is 418 g/mol. The van der Waals surface area contributed by atoms with Gasteiger partial charge in [0.05, 0.1) is 24.2 Å². The molecule has 0 saturated heterocycles. The van der Waals surface area contributed by atoms with Crippen molar-refractivity contribution in [1.29, 1.82) is 0 Å². The van der Waals surface area contributed by atoms with Crippen molar-refractivity contribution in [1.82, 2.24) is 10.2 Å². The fraction of sp³-hybridized carbons (Fsp3) is 0.364. The Kier molecular flexibility index (Phi) is 7.67. The number of hydrogen-bond donors (Lipinski definition) is 2. The van der Waals surface area contributed by atoms with Crippen molar-refractivity contribution in [2.75, 3.05) is 24.9 Å². The minimum atomic E-state index is -3.87. The minimum Gasteiger partial charge on any atom is -0.495 e. The number of amides is 2. The highest BCUT2D eigenvalue weighted by molar-refractivity contribution is 7.92. The molecule has 2 aromatic carbocycles. The molecule has 0 bridgehead atoms. The number of nitrogens with zero attached hydrogens (tertiary/aromatic N) is 1. The zero-order chi connectivity index (χ0) is 23.2. The molecule has 0 heterocycles. The number of likely N-dealkylation sites (N-methyl/N-ethyl adjacent to an activating group) is 1. The van der Waals surface area contributed by atoms with E-state index in [1.807, 2.05) is 20.8 Å². The third kappa shape index (κ3) is 6.71. The smallest absolute Gasteiger partial charge is 0.262 e. The van der Waals surface area contributed by atoms with Crippen LogP contribution in [0.25, 0.3) is 0 Å². The summed E-state index contributed by atoms with van der Waals surface area (Å²) in [6.07, 6.45) is 0. The molecule has 0 aromatic heterocycles. The Morgan fingerprint density at radius 3 is 2.19 bits per heavy atom. The molecule has 31 heavy (non-hydrogen) atoms. The lowest BCUT2D eigenvalue weighted by Gasteiger charge is -2.25. The molecule has 0 spiro atoms. The summed E-state index contributed by atoms with van der Waals surface area (Å²) in [6.45, 7) is 7.62. The van der Waals surface area contributed by atoms with Crippen molar-refractivity contribution in [3.8, 4) is 5.75 Å². The largest absolute Gasteiger partial charge is 0.495 e. The van der Waals surface area contributed by atoms with Gasteiger partial charge < -0.3 is 15.0 Å². The van der Waals surface area contributed by atoms with Gasteiger partial charge in [0.15, 0.2) is 0 Å². The van der Waals surface area contributed by atoms with Gasteiger partial charge in [-0.15, -0.1) is 0 Å². The molecular formula is C22H29N3O5S. The molecule has 2 N–H and O–H groups in total. The van der Waals surface area contributed by atoms with Gasteiger partial charge in [-0.05, 0) is 64.1 Å². The predicted molar refractivity (Wildman–Crippen MR) is 120 cm³/mol. The second-order valence-electron chi connectivity index (χ2n) is 7.95. The van der Waals surface area contributed by atoms with Crippen LogP contribution in [0.5, 0.6) is 5.75 Å². The summed E-state index contributed by atoms with van der Waals surface area (Å²) in [5, 5.41) is 2.82. The molecule has 0 aliphatic rings. The second kappa shape index (κ2) is 9.82. The lowest BCUT2D eigenvalue weighted by molar-refractivity contribution is -0.123. The average molecular weight is 448 g/mol. The lowest BCUT2D eigenvalue weighted by Crippen LogP contribution is -2.47. The van der Waals surface area contributed by atoms with Crippen molar-refractivity contribution >= 4 is 27.5 Å². The Morgan fingerprint density at radius 2 is 1.65 bits per heavy atom. The van der Waals surface area contributed by atoms with Crippen LogP contribution in [0.2, 0.25) is 0 Å². The first kappa shape index (κ1) is 24.2. The van der Waals surface area contributed by atoms with Crippen LogP contribution >= 0.6 is 0 Å². The van der Waals surface area contributed by atoms with Gasteiger partial charge in [-0.3, -0.25) is 14.3 Å². The number of benzene rings is 2. The highest BCUT2D eigenvalue weighted by Gasteiger charge is 2.22. The lowest BCUT2D eigenvalue weighted by atomic mass is 10.1. The van der Waals surface area contributed by atoms with Gasteiger partial charge in [0.25, 0.3) is 15.9 Å². The summed E-state index contributed by atoms with van der Waals surface area (Å²) in [5.74, 6) is -0.221. The number of nitrogens with one attached hydrogen (secondary N) is 2. The SMILES string of the molecule is CCN(CC(=O)NC(C)(C)C)C(=O)c1ccc(S(=O)(=O)Nc2ccccc2OC)cc1. The number of methoxy groups -OCH3 is 1. The van der Waals surface area contributed by atoms with E-state index < -0.39 is 15.6 Å². The van der Waals surface area contributed by atoms with Crippen molar-refractivity contribution in [3.05, 3.63) is 54.1 Å². The molecule has 0 aliphatic carbocycles. The van der Waals surface area contributed by atoms with E-state index in [1.54, 1.807) is 31.2 Å². The predicted octanol–water partition coefficient (Wildman–Crippen LogP) is 2.87. The quantitative estimate of drug-likeness (QED) is 0.647. The molecule has 168 valence electrons. The summed E-state index contributed by atoms with van der Waals surface area (Å²) in [5.41, 5.74) is 0.207. The Morgan fingerprint density at radius 1 is 1.03 bits per heavy atom. The van der Waals surface area contributed by atoms with Crippen molar-refractivity contribution < 1.29 is 22.7 Å². The minimum absolute atomic E-state index is 0.00322. The van der Waals surface area contributed by atoms with Gasteiger partial charge in [0, 0.05) is 17.6 Å². The number of para-hydroxylation sites is 2. The fourth-order valence-electron chi connectivity index (χ4n) is 2.85. The molecule has 0 radical (unpaired) electrons. The normalized spacial score (nSPS) is 11.5. The zero-order valence-electron chi connectivity index (χ0n) is 18.4. The molecule has 2 aromatic rings. The van der Waals surface area contributed by atoms with E-state index in [4.69, 9.17) is 4.74 Å². The number of carbonyl (C=O) groups is 2. The van der Waals surface area contributed by atoms with Crippen LogP contribution in [-0.4, -0.2) is 50.9 Å². The van der Waals surface area contributed by atoms with Crippen LogP contribution in [-0.2, 0) is 14.8 Å². The summed E-state index contributed by atoms with van der Waals surface area (Å²) in [6, 6.07) is 12.2. The molecule has 8 nitrogen and oxygen atoms in total. The number of anilines is 1. The van der Waals surface area contributed by atoms with Crippen LogP contribution in [0.15, 0.2) is 53.4 Å².